The molecule has 0 saturated heterocycles. The van der Waals surface area contributed by atoms with Crippen LogP contribution in [-0.4, -0.2) is 0 Å². The van der Waals surface area contributed by atoms with E-state index in [0.717, 1.165) is 5.56 Å². The Hall–Kier alpha value is -3.56. The van der Waals surface area contributed by atoms with E-state index in [2.05, 4.69) is 109 Å². The lowest BCUT2D eigenvalue weighted by atomic mass is 9.66. The fourth-order valence-electron chi connectivity index (χ4n) is 4.62. The molecule has 4 aromatic carbocycles. The van der Waals surface area contributed by atoms with Crippen molar-refractivity contribution in [3.8, 4) is 23.5 Å². The van der Waals surface area contributed by atoms with Gasteiger partial charge >= 0.3 is 0 Å². The van der Waals surface area contributed by atoms with Crippen molar-refractivity contribution in [1.82, 2.24) is 0 Å². The van der Waals surface area contributed by atoms with E-state index < -0.39 is 5.41 Å². The Morgan fingerprint density at radius 3 is 1.74 bits per heavy atom. The van der Waals surface area contributed by atoms with E-state index in [9.17, 15) is 0 Å². The molecule has 0 aliphatic heterocycles. The first-order chi connectivity index (χ1) is 13.4. The second-order valence-corrected chi connectivity index (χ2v) is 6.90. The lowest BCUT2D eigenvalue weighted by Crippen LogP contribution is -2.29. The standard InChI is InChI=1S/C27H18/c1-2-20-12-11-18-24-23-17-9-10-19-25(23)27(26(20)24,21-13-5-3-6-14-21)22-15-7-4-8-16-22/h1,3-19H. The number of fused-ring (bicyclic) bond motifs is 3. The molecular weight excluding hydrogens is 324 g/mol. The normalized spacial score (nSPS) is 13.4. The first-order valence-corrected chi connectivity index (χ1v) is 9.18. The molecule has 0 aromatic heterocycles. The summed E-state index contributed by atoms with van der Waals surface area (Å²) in [4.78, 5) is 0. The molecule has 0 amide bonds. The molecule has 0 bridgehead atoms. The van der Waals surface area contributed by atoms with E-state index in [1.54, 1.807) is 0 Å². The summed E-state index contributed by atoms with van der Waals surface area (Å²) in [6.45, 7) is 0. The number of hydrogen-bond donors (Lipinski definition) is 0. The van der Waals surface area contributed by atoms with Gasteiger partial charge in [-0.1, -0.05) is 103 Å². The van der Waals surface area contributed by atoms with E-state index >= 15 is 0 Å². The predicted molar refractivity (Wildman–Crippen MR) is 112 cm³/mol. The highest BCUT2D eigenvalue weighted by Gasteiger charge is 2.47. The third-order valence-corrected chi connectivity index (χ3v) is 5.63. The second kappa shape index (κ2) is 6.01. The van der Waals surface area contributed by atoms with E-state index in [-0.39, 0.29) is 0 Å². The van der Waals surface area contributed by atoms with Crippen molar-refractivity contribution in [2.24, 2.45) is 0 Å². The monoisotopic (exact) mass is 342 g/mol. The second-order valence-electron chi connectivity index (χ2n) is 6.90. The maximum atomic E-state index is 5.99. The average molecular weight is 342 g/mol. The highest BCUT2D eigenvalue weighted by Crippen LogP contribution is 2.56. The number of rotatable bonds is 2. The lowest BCUT2D eigenvalue weighted by Gasteiger charge is -2.34. The molecule has 0 heteroatoms. The SMILES string of the molecule is C#Cc1cccc2c1C(c1ccccc1)(c1ccccc1)c1ccccc1-2. The van der Waals surface area contributed by atoms with E-state index in [4.69, 9.17) is 6.42 Å². The Balaban J connectivity index is 2.03. The predicted octanol–water partition coefficient (Wildman–Crippen LogP) is 6.03. The first kappa shape index (κ1) is 15.7. The van der Waals surface area contributed by atoms with Crippen LogP contribution in [-0.2, 0) is 5.41 Å². The van der Waals surface area contributed by atoms with Crippen LogP contribution in [0, 0.1) is 12.3 Å². The van der Waals surface area contributed by atoms with Gasteiger partial charge < -0.3 is 0 Å². The molecule has 1 aliphatic rings. The number of hydrogen-bond acceptors (Lipinski definition) is 0. The topological polar surface area (TPSA) is 0 Å². The molecular formula is C27H18. The summed E-state index contributed by atoms with van der Waals surface area (Å²) in [6.07, 6.45) is 5.99. The fraction of sp³-hybridized carbons (Fsp3) is 0.0370. The van der Waals surface area contributed by atoms with Crippen molar-refractivity contribution in [3.63, 3.8) is 0 Å². The third kappa shape index (κ3) is 2.06. The molecule has 0 saturated carbocycles. The summed E-state index contributed by atoms with van der Waals surface area (Å²) in [5.74, 6) is 2.96. The highest BCUT2D eigenvalue weighted by molar-refractivity contribution is 5.88. The summed E-state index contributed by atoms with van der Waals surface area (Å²) < 4.78 is 0. The quantitative estimate of drug-likeness (QED) is 0.344. The summed E-state index contributed by atoms with van der Waals surface area (Å²) in [5, 5.41) is 0. The van der Waals surface area contributed by atoms with Crippen molar-refractivity contribution in [3.05, 3.63) is 131 Å². The molecule has 0 heterocycles. The Kier molecular flexibility index (Phi) is 3.49. The Morgan fingerprint density at radius 2 is 1.11 bits per heavy atom. The minimum absolute atomic E-state index is 0.405. The van der Waals surface area contributed by atoms with Crippen LogP contribution in [0.3, 0.4) is 0 Å². The number of benzene rings is 4. The maximum absolute atomic E-state index is 5.99. The van der Waals surface area contributed by atoms with Gasteiger partial charge in [0.15, 0.2) is 0 Å². The van der Waals surface area contributed by atoms with Crippen LogP contribution in [0.25, 0.3) is 11.1 Å². The summed E-state index contributed by atoms with van der Waals surface area (Å²) in [6, 6.07) is 36.4. The zero-order valence-electron chi connectivity index (χ0n) is 14.9. The zero-order chi connectivity index (χ0) is 18.3. The van der Waals surface area contributed by atoms with Crippen LogP contribution in [0.15, 0.2) is 103 Å². The van der Waals surface area contributed by atoms with Crippen molar-refractivity contribution in [2.45, 2.75) is 5.41 Å². The van der Waals surface area contributed by atoms with Gasteiger partial charge in [-0.3, -0.25) is 0 Å². The molecule has 4 aromatic rings. The average Bonchev–Trinajstić information content (AvgIpc) is 3.07. The van der Waals surface area contributed by atoms with Gasteiger partial charge in [0.1, 0.15) is 0 Å². The van der Waals surface area contributed by atoms with Crippen molar-refractivity contribution >= 4 is 0 Å². The molecule has 0 unspecified atom stereocenters. The van der Waals surface area contributed by atoms with Gasteiger partial charge in [-0.25, -0.2) is 0 Å². The summed E-state index contributed by atoms with van der Waals surface area (Å²) in [5.41, 5.74) is 8.03. The van der Waals surface area contributed by atoms with Gasteiger partial charge in [-0.15, -0.1) is 6.42 Å². The Labute approximate surface area is 160 Å². The van der Waals surface area contributed by atoms with Crippen LogP contribution in [0.5, 0.6) is 0 Å². The van der Waals surface area contributed by atoms with Crippen LogP contribution in [0.1, 0.15) is 27.8 Å². The smallest absolute Gasteiger partial charge is 0.0725 e. The fourth-order valence-corrected chi connectivity index (χ4v) is 4.62. The first-order valence-electron chi connectivity index (χ1n) is 9.18. The van der Waals surface area contributed by atoms with Gasteiger partial charge in [-0.05, 0) is 39.4 Å². The molecule has 5 rings (SSSR count). The molecule has 0 spiro atoms. The molecule has 0 fully saturated rings. The van der Waals surface area contributed by atoms with Crippen LogP contribution in [0.2, 0.25) is 0 Å². The van der Waals surface area contributed by atoms with Crippen LogP contribution in [0.4, 0.5) is 0 Å². The minimum Gasteiger partial charge on any atom is -0.115 e. The van der Waals surface area contributed by atoms with Crippen LogP contribution >= 0.6 is 0 Å². The third-order valence-electron chi connectivity index (χ3n) is 5.63. The summed E-state index contributed by atoms with van der Waals surface area (Å²) >= 11 is 0. The van der Waals surface area contributed by atoms with Crippen molar-refractivity contribution < 1.29 is 0 Å². The molecule has 0 atom stereocenters. The van der Waals surface area contributed by atoms with Crippen molar-refractivity contribution in [1.29, 1.82) is 0 Å². The molecule has 126 valence electrons. The van der Waals surface area contributed by atoms with Gasteiger partial charge in [0.2, 0.25) is 0 Å². The Bertz CT molecular complexity index is 1120. The van der Waals surface area contributed by atoms with Gasteiger partial charge in [0.05, 0.1) is 5.41 Å². The van der Waals surface area contributed by atoms with Gasteiger partial charge in [0.25, 0.3) is 0 Å². The van der Waals surface area contributed by atoms with Gasteiger partial charge in [0, 0.05) is 5.56 Å². The van der Waals surface area contributed by atoms with E-state index in [0.29, 0.717) is 0 Å². The molecule has 0 N–H and O–H groups in total. The molecule has 0 radical (unpaired) electrons. The minimum atomic E-state index is -0.405. The highest BCUT2D eigenvalue weighted by atomic mass is 14.5. The molecule has 27 heavy (non-hydrogen) atoms. The van der Waals surface area contributed by atoms with E-state index in [1.165, 1.54) is 33.4 Å². The maximum Gasteiger partial charge on any atom is 0.0725 e. The van der Waals surface area contributed by atoms with Crippen molar-refractivity contribution in [2.75, 3.05) is 0 Å². The van der Waals surface area contributed by atoms with E-state index in [1.807, 2.05) is 0 Å². The van der Waals surface area contributed by atoms with Crippen LogP contribution < -0.4 is 0 Å². The largest absolute Gasteiger partial charge is 0.115 e. The van der Waals surface area contributed by atoms with Gasteiger partial charge in [-0.2, -0.15) is 0 Å². The molecule has 0 nitrogen and oxygen atoms in total. The molecule has 1 aliphatic carbocycles. The zero-order valence-corrected chi connectivity index (χ0v) is 14.9. The lowest BCUT2D eigenvalue weighted by molar-refractivity contribution is 0.766. The Morgan fingerprint density at radius 1 is 0.556 bits per heavy atom. The summed E-state index contributed by atoms with van der Waals surface area (Å²) in [7, 11) is 0. The number of terminal acetylenes is 1.